The number of amides is 2. The zero-order chi connectivity index (χ0) is 22.1. The molecule has 158 valence electrons. The molecule has 0 aliphatic rings. The highest BCUT2D eigenvalue weighted by Gasteiger charge is 2.09. The van der Waals surface area contributed by atoms with Gasteiger partial charge in [-0.25, -0.2) is 5.43 Å². The second kappa shape index (κ2) is 10.9. The first-order valence-electron chi connectivity index (χ1n) is 9.64. The van der Waals surface area contributed by atoms with Crippen molar-refractivity contribution in [2.24, 2.45) is 5.10 Å². The molecular formula is C24H22ClN3O3. The van der Waals surface area contributed by atoms with E-state index in [4.69, 9.17) is 16.3 Å². The Bertz CT molecular complexity index is 1060. The highest BCUT2D eigenvalue weighted by atomic mass is 35.5. The van der Waals surface area contributed by atoms with Crippen molar-refractivity contribution in [2.45, 2.75) is 20.0 Å². The fraction of sp³-hybridized carbons (Fsp3) is 0.125. The lowest BCUT2D eigenvalue weighted by atomic mass is 10.1. The van der Waals surface area contributed by atoms with E-state index < -0.39 is 11.8 Å². The van der Waals surface area contributed by atoms with Crippen LogP contribution in [0.1, 0.15) is 23.1 Å². The summed E-state index contributed by atoms with van der Waals surface area (Å²) in [7, 11) is 0. The fourth-order valence-corrected chi connectivity index (χ4v) is 2.79. The van der Waals surface area contributed by atoms with E-state index in [1.807, 2.05) is 55.5 Å². The highest BCUT2D eigenvalue weighted by Crippen LogP contribution is 2.18. The summed E-state index contributed by atoms with van der Waals surface area (Å²) in [5, 5.41) is 7.12. The van der Waals surface area contributed by atoms with Crippen LogP contribution in [0.25, 0.3) is 0 Å². The van der Waals surface area contributed by atoms with E-state index >= 15 is 0 Å². The minimum absolute atomic E-state index is 0.356. The molecule has 0 spiro atoms. The molecule has 2 amide bonds. The average Bonchev–Trinajstić information content (AvgIpc) is 2.76. The van der Waals surface area contributed by atoms with Gasteiger partial charge >= 0.3 is 0 Å². The SMILES string of the molecule is Cc1ccc(COc2ccccc2C=NNC(=O)CC(=O)Nc2ccc(Cl)cc2)cc1. The molecule has 0 radical (unpaired) electrons. The molecule has 0 aliphatic heterocycles. The molecule has 0 atom stereocenters. The molecule has 0 unspecified atom stereocenters. The molecule has 0 aliphatic carbocycles. The minimum atomic E-state index is -0.527. The number of anilines is 1. The predicted octanol–water partition coefficient (Wildman–Crippen LogP) is 4.71. The Hall–Kier alpha value is -3.64. The number of halogens is 1. The van der Waals surface area contributed by atoms with Gasteiger partial charge in [0, 0.05) is 16.3 Å². The predicted molar refractivity (Wildman–Crippen MR) is 122 cm³/mol. The summed E-state index contributed by atoms with van der Waals surface area (Å²) in [5.74, 6) is -0.334. The number of para-hydroxylation sites is 1. The molecule has 0 saturated carbocycles. The fourth-order valence-electron chi connectivity index (χ4n) is 2.66. The molecule has 0 bridgehead atoms. The zero-order valence-corrected chi connectivity index (χ0v) is 17.7. The first-order chi connectivity index (χ1) is 15.0. The molecule has 3 aromatic carbocycles. The third-order valence-electron chi connectivity index (χ3n) is 4.28. The van der Waals surface area contributed by atoms with E-state index in [1.54, 1.807) is 24.3 Å². The van der Waals surface area contributed by atoms with Crippen molar-refractivity contribution in [2.75, 3.05) is 5.32 Å². The second-order valence-corrected chi connectivity index (χ2v) is 7.27. The number of carbonyl (C=O) groups excluding carboxylic acids is 2. The maximum Gasteiger partial charge on any atom is 0.249 e. The zero-order valence-electron chi connectivity index (χ0n) is 17.0. The number of hydrogen-bond acceptors (Lipinski definition) is 4. The maximum atomic E-state index is 12.0. The molecule has 31 heavy (non-hydrogen) atoms. The topological polar surface area (TPSA) is 79.8 Å². The Morgan fingerprint density at radius 2 is 1.68 bits per heavy atom. The normalized spacial score (nSPS) is 10.6. The Morgan fingerprint density at radius 1 is 0.968 bits per heavy atom. The van der Waals surface area contributed by atoms with Crippen molar-refractivity contribution < 1.29 is 14.3 Å². The summed E-state index contributed by atoms with van der Waals surface area (Å²) in [6.45, 7) is 2.45. The van der Waals surface area contributed by atoms with E-state index in [-0.39, 0.29) is 6.42 Å². The van der Waals surface area contributed by atoms with Gasteiger partial charge in [0.25, 0.3) is 0 Å². The van der Waals surface area contributed by atoms with Crippen LogP contribution in [0.15, 0.2) is 77.9 Å². The minimum Gasteiger partial charge on any atom is -0.488 e. The smallest absolute Gasteiger partial charge is 0.249 e. The lowest BCUT2D eigenvalue weighted by molar-refractivity contribution is -0.126. The van der Waals surface area contributed by atoms with Crippen LogP contribution in [0.4, 0.5) is 5.69 Å². The van der Waals surface area contributed by atoms with Crippen LogP contribution < -0.4 is 15.5 Å². The molecule has 6 nitrogen and oxygen atoms in total. The number of hydrogen-bond donors (Lipinski definition) is 2. The third kappa shape index (κ3) is 7.28. The number of nitrogens with zero attached hydrogens (tertiary/aromatic N) is 1. The standard InChI is InChI=1S/C24H22ClN3O3/c1-17-6-8-18(9-7-17)16-31-22-5-3-2-4-19(22)15-26-28-24(30)14-23(29)27-21-12-10-20(25)11-13-21/h2-13,15H,14,16H2,1H3,(H,27,29)(H,28,30). The van der Waals surface area contributed by atoms with Gasteiger partial charge in [-0.05, 0) is 48.9 Å². The number of rotatable bonds is 8. The van der Waals surface area contributed by atoms with Crippen molar-refractivity contribution in [1.82, 2.24) is 5.43 Å². The Labute approximate surface area is 185 Å². The van der Waals surface area contributed by atoms with Gasteiger partial charge in [-0.15, -0.1) is 0 Å². The summed E-state index contributed by atoms with van der Waals surface area (Å²) in [4.78, 5) is 23.9. The monoisotopic (exact) mass is 435 g/mol. The van der Waals surface area contributed by atoms with Gasteiger partial charge in [-0.3, -0.25) is 9.59 Å². The molecule has 3 rings (SSSR count). The lowest BCUT2D eigenvalue weighted by Crippen LogP contribution is -2.24. The van der Waals surface area contributed by atoms with E-state index in [1.165, 1.54) is 11.8 Å². The summed E-state index contributed by atoms with van der Waals surface area (Å²) in [6, 6.07) is 22.1. The van der Waals surface area contributed by atoms with Crippen LogP contribution in [0, 0.1) is 6.92 Å². The molecular weight excluding hydrogens is 414 g/mol. The molecule has 0 fully saturated rings. The van der Waals surface area contributed by atoms with Crippen LogP contribution in [0.3, 0.4) is 0 Å². The third-order valence-corrected chi connectivity index (χ3v) is 4.53. The van der Waals surface area contributed by atoms with Crippen LogP contribution >= 0.6 is 11.6 Å². The highest BCUT2D eigenvalue weighted by molar-refractivity contribution is 6.30. The van der Waals surface area contributed by atoms with Crippen molar-refractivity contribution in [1.29, 1.82) is 0 Å². The van der Waals surface area contributed by atoms with Crippen LogP contribution in [-0.2, 0) is 16.2 Å². The summed E-state index contributed by atoms with van der Waals surface area (Å²) >= 11 is 5.81. The van der Waals surface area contributed by atoms with Gasteiger partial charge in [0.15, 0.2) is 0 Å². The Kier molecular flexibility index (Phi) is 7.79. The van der Waals surface area contributed by atoms with E-state index in [0.717, 1.165) is 5.56 Å². The molecule has 2 N–H and O–H groups in total. The summed E-state index contributed by atoms with van der Waals surface area (Å²) < 4.78 is 5.88. The van der Waals surface area contributed by atoms with Gasteiger partial charge in [0.1, 0.15) is 18.8 Å². The van der Waals surface area contributed by atoms with Gasteiger partial charge < -0.3 is 10.1 Å². The number of hydrazone groups is 1. The molecule has 0 heterocycles. The summed E-state index contributed by atoms with van der Waals surface area (Å²) in [6.07, 6.45) is 1.13. The largest absolute Gasteiger partial charge is 0.488 e. The maximum absolute atomic E-state index is 12.0. The summed E-state index contributed by atoms with van der Waals surface area (Å²) in [5.41, 5.74) is 5.87. The lowest BCUT2D eigenvalue weighted by Gasteiger charge is -2.09. The van der Waals surface area contributed by atoms with E-state index in [9.17, 15) is 9.59 Å². The van der Waals surface area contributed by atoms with Crippen LogP contribution in [-0.4, -0.2) is 18.0 Å². The van der Waals surface area contributed by atoms with E-state index in [2.05, 4.69) is 15.8 Å². The second-order valence-electron chi connectivity index (χ2n) is 6.84. The molecule has 7 heteroatoms. The van der Waals surface area contributed by atoms with Crippen molar-refractivity contribution >= 4 is 35.3 Å². The Balaban J connectivity index is 1.50. The van der Waals surface area contributed by atoms with Gasteiger partial charge in [-0.2, -0.15) is 5.10 Å². The number of aryl methyl sites for hydroxylation is 1. The van der Waals surface area contributed by atoms with Gasteiger partial charge in [-0.1, -0.05) is 53.6 Å². The number of ether oxygens (including phenoxy) is 1. The van der Waals surface area contributed by atoms with Crippen molar-refractivity contribution in [3.63, 3.8) is 0 Å². The van der Waals surface area contributed by atoms with Crippen molar-refractivity contribution in [3.8, 4) is 5.75 Å². The molecule has 0 saturated heterocycles. The van der Waals surface area contributed by atoms with Crippen LogP contribution in [0.5, 0.6) is 5.75 Å². The van der Waals surface area contributed by atoms with Crippen LogP contribution in [0.2, 0.25) is 5.02 Å². The number of nitrogens with one attached hydrogen (secondary N) is 2. The molecule has 3 aromatic rings. The quantitative estimate of drug-likeness (QED) is 0.305. The van der Waals surface area contributed by atoms with Crippen molar-refractivity contribution in [3.05, 3.63) is 94.5 Å². The van der Waals surface area contributed by atoms with Gasteiger partial charge in [0.2, 0.25) is 11.8 Å². The molecule has 0 aromatic heterocycles. The van der Waals surface area contributed by atoms with E-state index in [0.29, 0.717) is 28.6 Å². The number of carbonyl (C=O) groups is 2. The first-order valence-corrected chi connectivity index (χ1v) is 10.0. The average molecular weight is 436 g/mol. The van der Waals surface area contributed by atoms with Gasteiger partial charge in [0.05, 0.1) is 6.21 Å². The number of benzene rings is 3. The Morgan fingerprint density at radius 3 is 2.42 bits per heavy atom. The first kappa shape index (κ1) is 22.1.